The summed E-state index contributed by atoms with van der Waals surface area (Å²) in [5.74, 6) is -4.13. The maximum atomic E-state index is 13.1. The lowest BCUT2D eigenvalue weighted by molar-refractivity contribution is -0.152. The van der Waals surface area contributed by atoms with Gasteiger partial charge in [-0.05, 0) is 17.7 Å². The van der Waals surface area contributed by atoms with Crippen LogP contribution in [-0.2, 0) is 14.3 Å². The van der Waals surface area contributed by atoms with Gasteiger partial charge in [-0.15, -0.1) is 0 Å². The van der Waals surface area contributed by atoms with Gasteiger partial charge in [0.1, 0.15) is 5.82 Å². The van der Waals surface area contributed by atoms with Gasteiger partial charge in [0, 0.05) is 23.3 Å². The van der Waals surface area contributed by atoms with Crippen molar-refractivity contribution in [2.24, 2.45) is 11.8 Å². The molecular formula is C19H15FO4. The molecule has 122 valence electrons. The Hall–Kier alpha value is -2.82. The van der Waals surface area contributed by atoms with Gasteiger partial charge in [0.25, 0.3) is 0 Å². The zero-order valence-corrected chi connectivity index (χ0v) is 12.9. The van der Waals surface area contributed by atoms with E-state index >= 15 is 0 Å². The number of hydrogen-bond donors (Lipinski definition) is 0. The summed E-state index contributed by atoms with van der Waals surface area (Å²) < 4.78 is 17.6. The summed E-state index contributed by atoms with van der Waals surface area (Å²) in [5, 5.41) is 0. The van der Waals surface area contributed by atoms with Crippen LogP contribution in [0, 0.1) is 17.7 Å². The third-order valence-corrected chi connectivity index (χ3v) is 4.33. The van der Waals surface area contributed by atoms with E-state index < -0.39 is 35.3 Å². The first kappa shape index (κ1) is 16.1. The van der Waals surface area contributed by atoms with Gasteiger partial charge in [0.2, 0.25) is 5.78 Å². The Bertz CT molecular complexity index is 783. The molecule has 1 aliphatic carbocycles. The molecule has 5 heteroatoms. The van der Waals surface area contributed by atoms with Gasteiger partial charge in [-0.25, -0.2) is 9.18 Å². The molecule has 0 radical (unpaired) electrons. The summed E-state index contributed by atoms with van der Waals surface area (Å²) in [6.45, 7) is 0. The average molecular weight is 326 g/mol. The second-order valence-corrected chi connectivity index (χ2v) is 5.72. The number of Topliss-reactive ketones (excluding diaryl/α,β-unsaturated/α-hetero) is 2. The predicted molar refractivity (Wildman–Crippen MR) is 83.9 cm³/mol. The third-order valence-electron chi connectivity index (χ3n) is 4.33. The molecule has 2 aromatic carbocycles. The molecule has 24 heavy (non-hydrogen) atoms. The number of esters is 1. The molecule has 0 unspecified atom stereocenters. The van der Waals surface area contributed by atoms with Crippen LogP contribution in [0.25, 0.3) is 0 Å². The highest BCUT2D eigenvalue weighted by molar-refractivity contribution is 6.36. The summed E-state index contributed by atoms with van der Waals surface area (Å²) in [6.07, 6.45) is 0. The lowest BCUT2D eigenvalue weighted by Gasteiger charge is -2.00. The highest BCUT2D eigenvalue weighted by atomic mass is 19.1. The van der Waals surface area contributed by atoms with E-state index in [0.29, 0.717) is 11.1 Å². The van der Waals surface area contributed by atoms with Crippen LogP contribution in [0.1, 0.15) is 21.8 Å². The van der Waals surface area contributed by atoms with Crippen LogP contribution in [0.2, 0.25) is 0 Å². The Labute approximate surface area is 138 Å². The molecule has 3 atom stereocenters. The average Bonchev–Trinajstić information content (AvgIpc) is 3.36. The maximum absolute atomic E-state index is 13.1. The van der Waals surface area contributed by atoms with E-state index in [0.717, 1.165) is 7.11 Å². The molecule has 0 heterocycles. The molecule has 2 aromatic rings. The Balaban J connectivity index is 1.92. The fraction of sp³-hybridized carbons (Fsp3) is 0.211. The van der Waals surface area contributed by atoms with E-state index in [4.69, 9.17) is 0 Å². The summed E-state index contributed by atoms with van der Waals surface area (Å²) in [4.78, 5) is 36.5. The molecule has 0 spiro atoms. The van der Waals surface area contributed by atoms with E-state index in [-0.39, 0.29) is 5.78 Å². The lowest BCUT2D eigenvalue weighted by Crippen LogP contribution is -2.20. The van der Waals surface area contributed by atoms with Crippen molar-refractivity contribution in [3.63, 3.8) is 0 Å². The van der Waals surface area contributed by atoms with Crippen molar-refractivity contribution in [1.82, 2.24) is 0 Å². The minimum atomic E-state index is -0.963. The highest BCUT2D eigenvalue weighted by Gasteiger charge is 2.60. The van der Waals surface area contributed by atoms with Crippen LogP contribution in [0.15, 0.2) is 54.6 Å². The zero-order chi connectivity index (χ0) is 17.3. The lowest BCUT2D eigenvalue weighted by atomic mass is 10.0. The fourth-order valence-electron chi connectivity index (χ4n) is 3.09. The number of carbonyl (C=O) groups is 3. The standard InChI is InChI=1S/C19H15FO4/c1-24-19(23)18(22)16-14(11-7-9-13(20)10-8-11)15(16)17(21)12-5-3-2-4-6-12/h2-10,14-16H,1H3/t14-,15-,16+/m1/s1. The quantitative estimate of drug-likeness (QED) is 0.481. The second kappa shape index (κ2) is 6.35. The van der Waals surface area contributed by atoms with E-state index in [2.05, 4.69) is 4.74 Å². The number of rotatable bonds is 5. The van der Waals surface area contributed by atoms with Crippen molar-refractivity contribution in [2.75, 3.05) is 7.11 Å². The maximum Gasteiger partial charge on any atom is 0.374 e. The van der Waals surface area contributed by atoms with Gasteiger partial charge in [0.15, 0.2) is 5.78 Å². The van der Waals surface area contributed by atoms with Gasteiger partial charge >= 0.3 is 5.97 Å². The first-order valence-electron chi connectivity index (χ1n) is 7.51. The Morgan fingerprint density at radius 2 is 1.54 bits per heavy atom. The van der Waals surface area contributed by atoms with Gasteiger partial charge in [-0.1, -0.05) is 42.5 Å². The Morgan fingerprint density at radius 3 is 2.12 bits per heavy atom. The molecule has 0 aromatic heterocycles. The van der Waals surface area contributed by atoms with Crippen LogP contribution >= 0.6 is 0 Å². The summed E-state index contributed by atoms with van der Waals surface area (Å²) in [6, 6.07) is 14.2. The number of methoxy groups -OCH3 is 1. The largest absolute Gasteiger partial charge is 0.463 e. The van der Waals surface area contributed by atoms with Crippen LogP contribution < -0.4 is 0 Å². The number of carbonyl (C=O) groups excluding carboxylic acids is 3. The Morgan fingerprint density at radius 1 is 0.917 bits per heavy atom. The topological polar surface area (TPSA) is 60.4 Å². The SMILES string of the molecule is COC(=O)C(=O)[C@@H]1[C@H](C(=O)c2ccccc2)[C@H]1c1ccc(F)cc1. The van der Waals surface area contributed by atoms with Crippen LogP contribution in [-0.4, -0.2) is 24.6 Å². The first-order valence-corrected chi connectivity index (χ1v) is 7.51. The molecule has 0 N–H and O–H groups in total. The van der Waals surface area contributed by atoms with Gasteiger partial charge < -0.3 is 4.74 Å². The minimum Gasteiger partial charge on any atom is -0.463 e. The highest BCUT2D eigenvalue weighted by Crippen LogP contribution is 2.56. The number of halogens is 1. The van der Waals surface area contributed by atoms with E-state index in [1.807, 2.05) is 0 Å². The fourth-order valence-corrected chi connectivity index (χ4v) is 3.09. The van der Waals surface area contributed by atoms with Crippen LogP contribution in [0.3, 0.4) is 0 Å². The van der Waals surface area contributed by atoms with Gasteiger partial charge in [-0.2, -0.15) is 0 Å². The molecule has 0 amide bonds. The van der Waals surface area contributed by atoms with E-state index in [1.165, 1.54) is 24.3 Å². The van der Waals surface area contributed by atoms with Gasteiger partial charge in [-0.3, -0.25) is 9.59 Å². The third kappa shape index (κ3) is 2.85. The molecule has 0 saturated heterocycles. The normalized spacial score (nSPS) is 21.8. The van der Waals surface area contributed by atoms with Crippen molar-refractivity contribution < 1.29 is 23.5 Å². The zero-order valence-electron chi connectivity index (χ0n) is 12.9. The molecular weight excluding hydrogens is 311 g/mol. The summed E-state index contributed by atoms with van der Waals surface area (Å²) in [5.41, 5.74) is 1.14. The monoisotopic (exact) mass is 326 g/mol. The molecule has 3 rings (SSSR count). The summed E-state index contributed by atoms with van der Waals surface area (Å²) in [7, 11) is 1.13. The van der Waals surface area contributed by atoms with E-state index in [1.54, 1.807) is 30.3 Å². The smallest absolute Gasteiger partial charge is 0.374 e. The van der Waals surface area contributed by atoms with Gasteiger partial charge in [0.05, 0.1) is 7.11 Å². The first-order chi connectivity index (χ1) is 11.5. The molecule has 1 saturated carbocycles. The predicted octanol–water partition coefficient (Wildman–Crippen LogP) is 2.78. The van der Waals surface area contributed by atoms with Crippen molar-refractivity contribution in [3.05, 3.63) is 71.5 Å². The molecule has 1 aliphatic rings. The number of ether oxygens (including phenoxy) is 1. The molecule has 1 fully saturated rings. The van der Waals surface area contributed by atoms with Crippen molar-refractivity contribution in [3.8, 4) is 0 Å². The van der Waals surface area contributed by atoms with Crippen molar-refractivity contribution in [2.45, 2.75) is 5.92 Å². The summed E-state index contributed by atoms with van der Waals surface area (Å²) >= 11 is 0. The van der Waals surface area contributed by atoms with Crippen LogP contribution in [0.4, 0.5) is 4.39 Å². The van der Waals surface area contributed by atoms with Crippen molar-refractivity contribution in [1.29, 1.82) is 0 Å². The number of benzene rings is 2. The number of ketones is 2. The molecule has 4 nitrogen and oxygen atoms in total. The molecule has 0 bridgehead atoms. The van der Waals surface area contributed by atoms with Crippen LogP contribution in [0.5, 0.6) is 0 Å². The second-order valence-electron chi connectivity index (χ2n) is 5.72. The molecule has 0 aliphatic heterocycles. The van der Waals surface area contributed by atoms with E-state index in [9.17, 15) is 18.8 Å². The Kier molecular flexibility index (Phi) is 4.25. The van der Waals surface area contributed by atoms with Crippen molar-refractivity contribution >= 4 is 17.5 Å². The minimum absolute atomic E-state index is 0.202. The number of hydrogen-bond acceptors (Lipinski definition) is 4.